The number of amides is 1. The predicted octanol–water partition coefficient (Wildman–Crippen LogP) is 2.70. The Labute approximate surface area is 91.4 Å². The summed E-state index contributed by atoms with van der Waals surface area (Å²) >= 11 is 5.73. The van der Waals surface area contributed by atoms with Crippen molar-refractivity contribution in [3.05, 3.63) is 0 Å². The molecule has 0 heterocycles. The molecule has 0 aromatic carbocycles. The Balaban J connectivity index is 2.54. The second-order valence-electron chi connectivity index (χ2n) is 4.91. The van der Waals surface area contributed by atoms with Gasteiger partial charge in [0.2, 0.25) is 5.91 Å². The summed E-state index contributed by atoms with van der Waals surface area (Å²) in [6, 6.07) is 0.296. The number of rotatable bonds is 2. The van der Waals surface area contributed by atoms with Crippen molar-refractivity contribution in [1.82, 2.24) is 5.32 Å². The van der Waals surface area contributed by atoms with Crippen LogP contribution in [0.25, 0.3) is 0 Å². The summed E-state index contributed by atoms with van der Waals surface area (Å²) in [7, 11) is 0. The van der Waals surface area contributed by atoms with Crippen LogP contribution in [0.5, 0.6) is 0 Å². The van der Waals surface area contributed by atoms with Gasteiger partial charge in [0.1, 0.15) is 5.38 Å². The first kappa shape index (κ1) is 11.8. The number of carbonyl (C=O) groups excluding carboxylic acids is 1. The molecule has 0 aromatic rings. The Kier molecular flexibility index (Phi) is 3.82. The van der Waals surface area contributed by atoms with Gasteiger partial charge in [0.25, 0.3) is 0 Å². The molecule has 1 fully saturated rings. The largest absolute Gasteiger partial charge is 0.352 e. The van der Waals surface area contributed by atoms with E-state index < -0.39 is 5.38 Å². The number of hydrogen-bond donors (Lipinski definition) is 1. The van der Waals surface area contributed by atoms with Crippen LogP contribution in [0.2, 0.25) is 0 Å². The SMILES string of the molecule is CC(Cl)C(=O)NC1CCCCC1(C)C. The van der Waals surface area contributed by atoms with Gasteiger partial charge in [-0.2, -0.15) is 0 Å². The molecule has 14 heavy (non-hydrogen) atoms. The van der Waals surface area contributed by atoms with Crippen molar-refractivity contribution in [3.8, 4) is 0 Å². The molecule has 0 bridgehead atoms. The van der Waals surface area contributed by atoms with Crippen LogP contribution in [0.3, 0.4) is 0 Å². The number of halogens is 1. The first-order valence-electron chi connectivity index (χ1n) is 5.38. The lowest BCUT2D eigenvalue weighted by molar-refractivity contribution is -0.122. The van der Waals surface area contributed by atoms with Gasteiger partial charge in [0.15, 0.2) is 0 Å². The van der Waals surface area contributed by atoms with Crippen LogP contribution in [-0.2, 0) is 4.79 Å². The van der Waals surface area contributed by atoms with Crippen molar-refractivity contribution in [2.75, 3.05) is 0 Å². The highest BCUT2D eigenvalue weighted by Gasteiger charge is 2.33. The third-order valence-electron chi connectivity index (χ3n) is 3.19. The van der Waals surface area contributed by atoms with Crippen LogP contribution in [0.15, 0.2) is 0 Å². The van der Waals surface area contributed by atoms with Crippen molar-refractivity contribution < 1.29 is 4.79 Å². The summed E-state index contributed by atoms with van der Waals surface area (Å²) in [6.07, 6.45) is 4.76. The quantitative estimate of drug-likeness (QED) is 0.709. The molecule has 0 spiro atoms. The van der Waals surface area contributed by atoms with E-state index in [0.29, 0.717) is 6.04 Å². The third kappa shape index (κ3) is 2.88. The third-order valence-corrected chi connectivity index (χ3v) is 3.38. The summed E-state index contributed by atoms with van der Waals surface area (Å²) in [6.45, 7) is 6.15. The van der Waals surface area contributed by atoms with E-state index in [9.17, 15) is 4.79 Å². The van der Waals surface area contributed by atoms with Crippen LogP contribution in [-0.4, -0.2) is 17.3 Å². The summed E-state index contributed by atoms with van der Waals surface area (Å²) in [4.78, 5) is 11.5. The van der Waals surface area contributed by atoms with Crippen molar-refractivity contribution >= 4 is 17.5 Å². The molecule has 1 aliphatic rings. The van der Waals surface area contributed by atoms with E-state index in [0.717, 1.165) is 6.42 Å². The van der Waals surface area contributed by atoms with E-state index in [2.05, 4.69) is 19.2 Å². The highest BCUT2D eigenvalue weighted by atomic mass is 35.5. The molecule has 1 rings (SSSR count). The molecular formula is C11H20ClNO. The molecule has 0 saturated heterocycles. The fraction of sp³-hybridized carbons (Fsp3) is 0.909. The Morgan fingerprint density at radius 1 is 1.50 bits per heavy atom. The molecule has 2 unspecified atom stereocenters. The van der Waals surface area contributed by atoms with E-state index >= 15 is 0 Å². The maximum Gasteiger partial charge on any atom is 0.238 e. The first-order valence-corrected chi connectivity index (χ1v) is 5.81. The van der Waals surface area contributed by atoms with Gasteiger partial charge in [0, 0.05) is 6.04 Å². The maximum atomic E-state index is 11.5. The Morgan fingerprint density at radius 3 is 2.64 bits per heavy atom. The first-order chi connectivity index (χ1) is 6.43. The van der Waals surface area contributed by atoms with Crippen LogP contribution in [0, 0.1) is 5.41 Å². The lowest BCUT2D eigenvalue weighted by Crippen LogP contribution is -2.48. The van der Waals surface area contributed by atoms with Crippen molar-refractivity contribution in [3.63, 3.8) is 0 Å². The van der Waals surface area contributed by atoms with Crippen LogP contribution >= 0.6 is 11.6 Å². The predicted molar refractivity (Wildman–Crippen MR) is 59.5 cm³/mol. The summed E-state index contributed by atoms with van der Waals surface area (Å²) < 4.78 is 0. The summed E-state index contributed by atoms with van der Waals surface area (Å²) in [5.74, 6) is -0.0355. The molecule has 0 aromatic heterocycles. The van der Waals surface area contributed by atoms with Crippen LogP contribution in [0.4, 0.5) is 0 Å². The Hall–Kier alpha value is -0.240. The minimum Gasteiger partial charge on any atom is -0.352 e. The van der Waals surface area contributed by atoms with Crippen LogP contribution < -0.4 is 5.32 Å². The smallest absolute Gasteiger partial charge is 0.238 e. The van der Waals surface area contributed by atoms with Gasteiger partial charge in [-0.25, -0.2) is 0 Å². The van der Waals surface area contributed by atoms with Crippen LogP contribution in [0.1, 0.15) is 46.5 Å². The van der Waals surface area contributed by atoms with Gasteiger partial charge in [-0.3, -0.25) is 4.79 Å². The Bertz CT molecular complexity index is 213. The molecule has 1 amide bonds. The molecule has 1 aliphatic carbocycles. The maximum absolute atomic E-state index is 11.5. The van der Waals surface area contributed by atoms with E-state index in [1.165, 1.54) is 19.3 Å². The van der Waals surface area contributed by atoms with Gasteiger partial charge >= 0.3 is 0 Å². The highest BCUT2D eigenvalue weighted by Crippen LogP contribution is 2.35. The monoisotopic (exact) mass is 217 g/mol. The van der Waals surface area contributed by atoms with Gasteiger partial charge < -0.3 is 5.32 Å². The topological polar surface area (TPSA) is 29.1 Å². The number of carbonyl (C=O) groups is 1. The molecule has 0 radical (unpaired) electrons. The number of nitrogens with one attached hydrogen (secondary N) is 1. The normalized spacial score (nSPS) is 28.1. The second kappa shape index (κ2) is 4.52. The van der Waals surface area contributed by atoms with Crippen molar-refractivity contribution in [2.45, 2.75) is 57.9 Å². The Morgan fingerprint density at radius 2 is 2.14 bits per heavy atom. The molecule has 82 valence electrons. The zero-order valence-corrected chi connectivity index (χ0v) is 10.0. The molecular weight excluding hydrogens is 198 g/mol. The van der Waals surface area contributed by atoms with Gasteiger partial charge in [0.05, 0.1) is 0 Å². The molecule has 1 N–H and O–H groups in total. The van der Waals surface area contributed by atoms with E-state index in [-0.39, 0.29) is 11.3 Å². The van der Waals surface area contributed by atoms with E-state index in [1.807, 2.05) is 0 Å². The minimum atomic E-state index is -0.423. The highest BCUT2D eigenvalue weighted by molar-refractivity contribution is 6.30. The fourth-order valence-corrected chi connectivity index (χ4v) is 2.11. The lowest BCUT2D eigenvalue weighted by Gasteiger charge is -2.39. The molecule has 3 heteroatoms. The number of alkyl halides is 1. The zero-order valence-electron chi connectivity index (χ0n) is 9.27. The van der Waals surface area contributed by atoms with Gasteiger partial charge in [-0.15, -0.1) is 11.6 Å². The molecule has 0 aliphatic heterocycles. The average molecular weight is 218 g/mol. The van der Waals surface area contributed by atoms with Crippen molar-refractivity contribution in [1.29, 1.82) is 0 Å². The average Bonchev–Trinajstić information content (AvgIpc) is 2.08. The second-order valence-corrected chi connectivity index (χ2v) is 5.57. The summed E-state index contributed by atoms with van der Waals surface area (Å²) in [5, 5.41) is 2.61. The van der Waals surface area contributed by atoms with Crippen molar-refractivity contribution in [2.24, 2.45) is 5.41 Å². The van der Waals surface area contributed by atoms with Gasteiger partial charge in [-0.1, -0.05) is 26.7 Å². The van der Waals surface area contributed by atoms with Gasteiger partial charge in [-0.05, 0) is 25.2 Å². The lowest BCUT2D eigenvalue weighted by atomic mass is 9.73. The van der Waals surface area contributed by atoms with E-state index in [4.69, 9.17) is 11.6 Å². The molecule has 1 saturated carbocycles. The zero-order chi connectivity index (χ0) is 10.8. The number of hydrogen-bond acceptors (Lipinski definition) is 1. The minimum absolute atomic E-state index is 0.0355. The standard InChI is InChI=1S/C11H20ClNO/c1-8(12)10(14)13-9-6-4-5-7-11(9,2)3/h8-9H,4-7H2,1-3H3,(H,13,14). The molecule has 2 atom stereocenters. The fourth-order valence-electron chi connectivity index (χ4n) is 2.05. The van der Waals surface area contributed by atoms with E-state index in [1.54, 1.807) is 6.92 Å². The summed E-state index contributed by atoms with van der Waals surface area (Å²) in [5.41, 5.74) is 0.222. The molecule has 2 nitrogen and oxygen atoms in total.